The van der Waals surface area contributed by atoms with Gasteiger partial charge in [0, 0.05) is 6.08 Å². The molecule has 0 radical (unpaired) electrons. The van der Waals surface area contributed by atoms with Gasteiger partial charge in [0.05, 0.1) is 18.0 Å². The van der Waals surface area contributed by atoms with E-state index in [2.05, 4.69) is 5.10 Å². The van der Waals surface area contributed by atoms with Crippen LogP contribution in [0.15, 0.2) is 60.3 Å². The Hall–Kier alpha value is -3.22. The molecule has 0 amide bonds. The maximum atomic E-state index is 14.2. The zero-order chi connectivity index (χ0) is 18.4. The largest absolute Gasteiger partial charge is 0.454 e. The first-order valence-electron chi connectivity index (χ1n) is 7.40. The number of nitrogens with two attached hydrogens (primary N) is 1. The smallest absolute Gasteiger partial charge is 0.165 e. The standard InChI is InChI=1S/C18H17F2N3O2/c1-3-6-14(25-17-8-5-4-7-16(17)20)9-13(19)11-23-18(21)15(10-22-23)12(2)24/h3-11H,21H2,1-2H3/b6-3+,13-11-,14-9+. The number of hydrogen-bond donors (Lipinski definition) is 1. The van der Waals surface area contributed by atoms with Crippen LogP contribution >= 0.6 is 0 Å². The van der Waals surface area contributed by atoms with E-state index in [0.29, 0.717) is 0 Å². The van der Waals surface area contributed by atoms with Crippen LogP contribution in [-0.2, 0) is 0 Å². The van der Waals surface area contributed by atoms with Gasteiger partial charge >= 0.3 is 0 Å². The number of nitrogen functional groups attached to an aromatic ring is 1. The summed E-state index contributed by atoms with van der Waals surface area (Å²) in [4.78, 5) is 11.3. The summed E-state index contributed by atoms with van der Waals surface area (Å²) in [5, 5.41) is 3.83. The zero-order valence-corrected chi connectivity index (χ0v) is 13.7. The number of ether oxygens (including phenoxy) is 1. The molecule has 2 rings (SSSR count). The number of benzene rings is 1. The van der Waals surface area contributed by atoms with Crippen molar-refractivity contribution in [3.63, 3.8) is 0 Å². The molecule has 7 heteroatoms. The van der Waals surface area contributed by atoms with Crippen molar-refractivity contribution >= 4 is 17.8 Å². The molecule has 2 N–H and O–H groups in total. The molecule has 0 fully saturated rings. The summed E-state index contributed by atoms with van der Waals surface area (Å²) in [6.07, 6.45) is 6.41. The number of carbonyl (C=O) groups excluding carboxylic acids is 1. The first-order chi connectivity index (χ1) is 11.9. The minimum absolute atomic E-state index is 0.0265. The molecule has 0 saturated heterocycles. The van der Waals surface area contributed by atoms with Gasteiger partial charge in [0.15, 0.2) is 17.3 Å². The topological polar surface area (TPSA) is 70.1 Å². The van der Waals surface area contributed by atoms with Gasteiger partial charge in [-0.2, -0.15) is 5.10 Å². The molecule has 0 atom stereocenters. The molecular formula is C18H17F2N3O2. The van der Waals surface area contributed by atoms with E-state index < -0.39 is 11.6 Å². The quantitative estimate of drug-likeness (QED) is 0.486. The van der Waals surface area contributed by atoms with E-state index in [4.69, 9.17) is 10.5 Å². The molecule has 130 valence electrons. The average molecular weight is 345 g/mol. The Morgan fingerprint density at radius 3 is 2.68 bits per heavy atom. The van der Waals surface area contributed by atoms with Gasteiger partial charge in [-0.25, -0.2) is 13.5 Å². The minimum atomic E-state index is -0.741. The molecule has 0 aliphatic rings. The summed E-state index contributed by atoms with van der Waals surface area (Å²) in [5.41, 5.74) is 5.94. The molecule has 0 aliphatic carbocycles. The Labute approximate surface area is 143 Å². The van der Waals surface area contributed by atoms with E-state index in [0.717, 1.165) is 17.0 Å². The summed E-state index contributed by atoms with van der Waals surface area (Å²) in [6, 6.07) is 5.79. The van der Waals surface area contributed by atoms with E-state index in [9.17, 15) is 13.6 Å². The molecule has 1 aromatic carbocycles. The van der Waals surface area contributed by atoms with Crippen molar-refractivity contribution in [2.24, 2.45) is 0 Å². The molecule has 25 heavy (non-hydrogen) atoms. The van der Waals surface area contributed by atoms with E-state index in [1.165, 1.54) is 37.4 Å². The lowest BCUT2D eigenvalue weighted by Gasteiger charge is -2.07. The number of hydrogen-bond acceptors (Lipinski definition) is 4. The summed E-state index contributed by atoms with van der Waals surface area (Å²) in [5.74, 6) is -1.50. The molecule has 2 aromatic rings. The lowest BCUT2D eigenvalue weighted by Crippen LogP contribution is -2.02. The number of carbonyl (C=O) groups is 1. The molecule has 0 unspecified atom stereocenters. The van der Waals surface area contributed by atoms with Crippen molar-refractivity contribution in [3.05, 3.63) is 71.7 Å². The maximum Gasteiger partial charge on any atom is 0.165 e. The highest BCUT2D eigenvalue weighted by Crippen LogP contribution is 2.20. The number of allylic oxidation sites excluding steroid dienone is 4. The second-order valence-corrected chi connectivity index (χ2v) is 5.04. The van der Waals surface area contributed by atoms with Crippen LogP contribution in [0.2, 0.25) is 0 Å². The molecule has 1 heterocycles. The molecule has 0 saturated carbocycles. The van der Waals surface area contributed by atoms with Crippen molar-refractivity contribution in [2.75, 3.05) is 5.73 Å². The second-order valence-electron chi connectivity index (χ2n) is 5.04. The number of para-hydroxylation sites is 1. The molecule has 1 aromatic heterocycles. The van der Waals surface area contributed by atoms with Gasteiger partial charge in [-0.1, -0.05) is 18.2 Å². The number of Topliss-reactive ketones (excluding diaryl/α,β-unsaturated/α-hetero) is 1. The Kier molecular flexibility index (Phi) is 5.84. The number of anilines is 1. The fourth-order valence-corrected chi connectivity index (χ4v) is 1.97. The Morgan fingerprint density at radius 1 is 1.36 bits per heavy atom. The lowest BCUT2D eigenvalue weighted by molar-refractivity contribution is 0.101. The summed E-state index contributed by atoms with van der Waals surface area (Å²) >= 11 is 0. The van der Waals surface area contributed by atoms with Crippen LogP contribution in [0, 0.1) is 5.82 Å². The van der Waals surface area contributed by atoms with Gasteiger partial charge < -0.3 is 10.5 Å². The Morgan fingerprint density at radius 2 is 2.08 bits per heavy atom. The van der Waals surface area contributed by atoms with Crippen LogP contribution in [0.5, 0.6) is 5.75 Å². The molecular weight excluding hydrogens is 328 g/mol. The molecule has 5 nitrogen and oxygen atoms in total. The molecule has 0 spiro atoms. The Bertz CT molecular complexity index is 867. The van der Waals surface area contributed by atoms with Crippen molar-refractivity contribution in [3.8, 4) is 5.75 Å². The van der Waals surface area contributed by atoms with Crippen molar-refractivity contribution in [1.29, 1.82) is 0 Å². The maximum absolute atomic E-state index is 14.2. The average Bonchev–Trinajstić information content (AvgIpc) is 2.91. The molecule has 0 aliphatic heterocycles. The van der Waals surface area contributed by atoms with Crippen molar-refractivity contribution < 1.29 is 18.3 Å². The fraction of sp³-hybridized carbons (Fsp3) is 0.111. The van der Waals surface area contributed by atoms with E-state index >= 15 is 0 Å². The SMILES string of the molecule is C/C=C/C(=C\C(F)=C\n1ncc(C(C)=O)c1N)Oc1ccccc1F. The summed E-state index contributed by atoms with van der Waals surface area (Å²) < 4.78 is 34.3. The highest BCUT2D eigenvalue weighted by Gasteiger charge is 2.11. The third-order valence-corrected chi connectivity index (χ3v) is 3.13. The lowest BCUT2D eigenvalue weighted by atomic mass is 10.2. The first kappa shape index (κ1) is 18.1. The van der Waals surface area contributed by atoms with Crippen LogP contribution in [0.4, 0.5) is 14.6 Å². The van der Waals surface area contributed by atoms with Gasteiger partial charge in [0.2, 0.25) is 0 Å². The number of nitrogens with zero attached hydrogens (tertiary/aromatic N) is 2. The van der Waals surface area contributed by atoms with Crippen molar-refractivity contribution in [1.82, 2.24) is 9.78 Å². The number of aromatic nitrogens is 2. The van der Waals surface area contributed by atoms with Crippen molar-refractivity contribution in [2.45, 2.75) is 13.8 Å². The van der Waals surface area contributed by atoms with Gasteiger partial charge in [0.1, 0.15) is 17.4 Å². The predicted molar refractivity (Wildman–Crippen MR) is 91.9 cm³/mol. The zero-order valence-electron chi connectivity index (χ0n) is 13.7. The van der Waals surface area contributed by atoms with Crippen LogP contribution < -0.4 is 10.5 Å². The van der Waals surface area contributed by atoms with E-state index in [1.54, 1.807) is 19.1 Å². The second kappa shape index (κ2) is 8.05. The minimum Gasteiger partial charge on any atom is -0.454 e. The van der Waals surface area contributed by atoms with Gasteiger partial charge in [0.25, 0.3) is 0 Å². The number of halogens is 2. The summed E-state index contributed by atoms with van der Waals surface area (Å²) in [7, 11) is 0. The van der Waals surface area contributed by atoms with Gasteiger partial charge in [-0.15, -0.1) is 0 Å². The van der Waals surface area contributed by atoms with Gasteiger partial charge in [-0.05, 0) is 32.1 Å². The highest BCUT2D eigenvalue weighted by molar-refractivity contribution is 5.98. The first-order valence-corrected chi connectivity index (χ1v) is 7.40. The fourth-order valence-electron chi connectivity index (χ4n) is 1.97. The van der Waals surface area contributed by atoms with Crippen LogP contribution in [-0.4, -0.2) is 15.6 Å². The van der Waals surface area contributed by atoms with E-state index in [-0.39, 0.29) is 28.7 Å². The van der Waals surface area contributed by atoms with Crippen LogP contribution in [0.25, 0.3) is 6.20 Å². The van der Waals surface area contributed by atoms with Gasteiger partial charge in [-0.3, -0.25) is 4.79 Å². The third-order valence-electron chi connectivity index (χ3n) is 3.13. The van der Waals surface area contributed by atoms with Crippen LogP contribution in [0.3, 0.4) is 0 Å². The normalized spacial score (nSPS) is 12.6. The number of ketones is 1. The number of rotatable bonds is 6. The predicted octanol–water partition coefficient (Wildman–Crippen LogP) is 4.11. The third kappa shape index (κ3) is 4.63. The molecule has 0 bridgehead atoms. The highest BCUT2D eigenvalue weighted by atomic mass is 19.1. The van der Waals surface area contributed by atoms with E-state index in [1.807, 2.05) is 0 Å². The monoisotopic (exact) mass is 345 g/mol. The Balaban J connectivity index is 2.30. The summed E-state index contributed by atoms with van der Waals surface area (Å²) in [6.45, 7) is 3.05. The van der Waals surface area contributed by atoms with Crippen LogP contribution in [0.1, 0.15) is 24.2 Å².